The van der Waals surface area contributed by atoms with Gasteiger partial charge in [-0.25, -0.2) is 13.8 Å². The summed E-state index contributed by atoms with van der Waals surface area (Å²) in [6.07, 6.45) is 0.0372. The molecule has 1 aromatic heterocycles. The SMILES string of the molecule is O=C(NCCOCC(F)F)c1cncc(Cl)n1. The van der Waals surface area contributed by atoms with Crippen LogP contribution in [0.3, 0.4) is 0 Å². The Kier molecular flexibility index (Phi) is 5.71. The monoisotopic (exact) mass is 265 g/mol. The van der Waals surface area contributed by atoms with Gasteiger partial charge in [-0.2, -0.15) is 0 Å². The van der Waals surface area contributed by atoms with Crippen LogP contribution in [0.25, 0.3) is 0 Å². The number of aromatic nitrogens is 2. The zero-order valence-corrected chi connectivity index (χ0v) is 9.45. The van der Waals surface area contributed by atoms with Gasteiger partial charge in [0.1, 0.15) is 17.5 Å². The largest absolute Gasteiger partial charge is 0.374 e. The number of alkyl halides is 2. The second-order valence-electron chi connectivity index (χ2n) is 2.95. The molecule has 0 aliphatic heterocycles. The van der Waals surface area contributed by atoms with Crippen molar-refractivity contribution in [2.45, 2.75) is 6.43 Å². The number of halogens is 3. The van der Waals surface area contributed by atoms with E-state index in [1.54, 1.807) is 0 Å². The van der Waals surface area contributed by atoms with E-state index >= 15 is 0 Å². The maximum absolute atomic E-state index is 11.7. The number of hydrogen-bond acceptors (Lipinski definition) is 4. The number of nitrogens with zero attached hydrogens (tertiary/aromatic N) is 2. The van der Waals surface area contributed by atoms with Crippen LogP contribution in [0.1, 0.15) is 10.5 Å². The molecule has 0 atom stereocenters. The Labute approximate surface area is 101 Å². The lowest BCUT2D eigenvalue weighted by atomic mass is 10.4. The van der Waals surface area contributed by atoms with Crippen molar-refractivity contribution in [3.8, 4) is 0 Å². The highest BCUT2D eigenvalue weighted by molar-refractivity contribution is 6.29. The standard InChI is InChI=1S/C9H10ClF2N3O2/c10-7-4-13-3-6(15-7)9(16)14-1-2-17-5-8(11)12/h3-4,8H,1-2,5H2,(H,14,16). The van der Waals surface area contributed by atoms with Gasteiger partial charge in [-0.3, -0.25) is 9.78 Å². The minimum absolute atomic E-state index is 0.00404. The first-order chi connectivity index (χ1) is 8.09. The van der Waals surface area contributed by atoms with Gasteiger partial charge in [-0.05, 0) is 0 Å². The van der Waals surface area contributed by atoms with Crippen LogP contribution in [-0.4, -0.2) is 42.1 Å². The summed E-state index contributed by atoms with van der Waals surface area (Å²) >= 11 is 5.55. The molecule has 0 bridgehead atoms. The summed E-state index contributed by atoms with van der Waals surface area (Å²) in [6.45, 7) is -0.531. The summed E-state index contributed by atoms with van der Waals surface area (Å²) in [4.78, 5) is 18.8. The highest BCUT2D eigenvalue weighted by atomic mass is 35.5. The predicted octanol–water partition coefficient (Wildman–Crippen LogP) is 1.14. The predicted molar refractivity (Wildman–Crippen MR) is 56.2 cm³/mol. The Bertz CT molecular complexity index is 379. The van der Waals surface area contributed by atoms with E-state index < -0.39 is 18.9 Å². The van der Waals surface area contributed by atoms with E-state index in [1.807, 2.05) is 0 Å². The van der Waals surface area contributed by atoms with E-state index in [-0.39, 0.29) is 24.0 Å². The van der Waals surface area contributed by atoms with Gasteiger partial charge < -0.3 is 10.1 Å². The van der Waals surface area contributed by atoms with Crippen molar-refractivity contribution in [3.63, 3.8) is 0 Å². The molecule has 1 aromatic rings. The van der Waals surface area contributed by atoms with Gasteiger partial charge in [0.15, 0.2) is 0 Å². The van der Waals surface area contributed by atoms with Crippen molar-refractivity contribution in [2.75, 3.05) is 19.8 Å². The molecule has 0 aliphatic carbocycles. The van der Waals surface area contributed by atoms with Crippen LogP contribution < -0.4 is 5.32 Å². The quantitative estimate of drug-likeness (QED) is 0.784. The maximum atomic E-state index is 11.7. The normalized spacial score (nSPS) is 10.6. The van der Waals surface area contributed by atoms with Gasteiger partial charge in [-0.15, -0.1) is 0 Å². The zero-order chi connectivity index (χ0) is 12.7. The molecule has 1 N–H and O–H groups in total. The number of amides is 1. The van der Waals surface area contributed by atoms with E-state index in [2.05, 4.69) is 20.0 Å². The van der Waals surface area contributed by atoms with Gasteiger partial charge in [-0.1, -0.05) is 11.6 Å². The Balaban J connectivity index is 2.26. The molecular weight excluding hydrogens is 256 g/mol. The topological polar surface area (TPSA) is 64.1 Å². The number of carbonyl (C=O) groups excluding carboxylic acids is 1. The van der Waals surface area contributed by atoms with Crippen LogP contribution in [0.5, 0.6) is 0 Å². The van der Waals surface area contributed by atoms with Crippen molar-refractivity contribution in [2.24, 2.45) is 0 Å². The van der Waals surface area contributed by atoms with Gasteiger partial charge in [0.25, 0.3) is 12.3 Å². The van der Waals surface area contributed by atoms with Gasteiger partial charge >= 0.3 is 0 Å². The smallest absolute Gasteiger partial charge is 0.271 e. The zero-order valence-electron chi connectivity index (χ0n) is 8.70. The Morgan fingerprint density at radius 1 is 1.53 bits per heavy atom. The van der Waals surface area contributed by atoms with Crippen molar-refractivity contribution >= 4 is 17.5 Å². The second kappa shape index (κ2) is 7.08. The lowest BCUT2D eigenvalue weighted by Gasteiger charge is -2.05. The summed E-state index contributed by atoms with van der Waals surface area (Å²) in [5, 5.41) is 2.53. The molecule has 0 fully saturated rings. The molecule has 8 heteroatoms. The third-order valence-corrected chi connectivity index (χ3v) is 1.80. The van der Waals surface area contributed by atoms with Crippen LogP contribution >= 0.6 is 11.6 Å². The molecule has 0 radical (unpaired) electrons. The molecule has 0 aliphatic rings. The Morgan fingerprint density at radius 3 is 2.94 bits per heavy atom. The van der Waals surface area contributed by atoms with Crippen LogP contribution in [0.4, 0.5) is 8.78 Å². The van der Waals surface area contributed by atoms with E-state index in [0.29, 0.717) is 0 Å². The Morgan fingerprint density at radius 2 is 2.29 bits per heavy atom. The van der Waals surface area contributed by atoms with E-state index in [9.17, 15) is 13.6 Å². The summed E-state index contributed by atoms with van der Waals surface area (Å²) in [5.41, 5.74) is 0.0614. The number of nitrogens with one attached hydrogen (secondary N) is 1. The molecule has 0 saturated heterocycles. The number of hydrogen-bond donors (Lipinski definition) is 1. The fourth-order valence-electron chi connectivity index (χ4n) is 0.951. The Hall–Kier alpha value is -1.34. The summed E-state index contributed by atoms with van der Waals surface area (Å²) in [5.74, 6) is -0.486. The minimum Gasteiger partial charge on any atom is -0.374 e. The molecular formula is C9H10ClF2N3O2. The first kappa shape index (κ1) is 13.7. The first-order valence-corrected chi connectivity index (χ1v) is 5.09. The third kappa shape index (κ3) is 5.50. The lowest BCUT2D eigenvalue weighted by Crippen LogP contribution is -2.28. The molecule has 1 rings (SSSR count). The fourth-order valence-corrected chi connectivity index (χ4v) is 1.10. The van der Waals surface area contributed by atoms with Crippen molar-refractivity contribution in [3.05, 3.63) is 23.2 Å². The highest BCUT2D eigenvalue weighted by Crippen LogP contribution is 2.01. The van der Waals surface area contributed by atoms with Gasteiger partial charge in [0.05, 0.1) is 19.0 Å². The fraction of sp³-hybridized carbons (Fsp3) is 0.444. The number of ether oxygens (including phenoxy) is 1. The van der Waals surface area contributed by atoms with E-state index in [0.717, 1.165) is 0 Å². The molecule has 0 aromatic carbocycles. The van der Waals surface area contributed by atoms with Gasteiger partial charge in [0, 0.05) is 6.54 Å². The summed E-state index contributed by atoms with van der Waals surface area (Å²) < 4.78 is 27.9. The summed E-state index contributed by atoms with van der Waals surface area (Å²) in [7, 11) is 0. The van der Waals surface area contributed by atoms with Gasteiger partial charge in [0.2, 0.25) is 0 Å². The highest BCUT2D eigenvalue weighted by Gasteiger charge is 2.07. The summed E-state index contributed by atoms with van der Waals surface area (Å²) in [6, 6.07) is 0. The molecule has 94 valence electrons. The average Bonchev–Trinajstić information content (AvgIpc) is 2.28. The van der Waals surface area contributed by atoms with Crippen LogP contribution in [0.2, 0.25) is 5.15 Å². The second-order valence-corrected chi connectivity index (χ2v) is 3.34. The number of rotatable bonds is 6. The van der Waals surface area contributed by atoms with Crippen molar-refractivity contribution in [1.29, 1.82) is 0 Å². The van der Waals surface area contributed by atoms with Crippen LogP contribution in [0.15, 0.2) is 12.4 Å². The lowest BCUT2D eigenvalue weighted by molar-refractivity contribution is 0.0188. The molecule has 0 unspecified atom stereocenters. The molecule has 0 saturated carbocycles. The average molecular weight is 266 g/mol. The molecule has 1 heterocycles. The molecule has 5 nitrogen and oxygen atoms in total. The minimum atomic E-state index is -2.51. The van der Waals surface area contributed by atoms with Crippen LogP contribution in [-0.2, 0) is 4.74 Å². The first-order valence-electron chi connectivity index (χ1n) is 4.71. The van der Waals surface area contributed by atoms with E-state index in [4.69, 9.17) is 11.6 Å². The van der Waals surface area contributed by atoms with E-state index in [1.165, 1.54) is 12.4 Å². The number of carbonyl (C=O) groups is 1. The van der Waals surface area contributed by atoms with Crippen LogP contribution in [0, 0.1) is 0 Å². The van der Waals surface area contributed by atoms with Crippen molar-refractivity contribution < 1.29 is 18.3 Å². The third-order valence-electron chi connectivity index (χ3n) is 1.61. The maximum Gasteiger partial charge on any atom is 0.271 e. The molecule has 17 heavy (non-hydrogen) atoms. The van der Waals surface area contributed by atoms with Crippen molar-refractivity contribution in [1.82, 2.24) is 15.3 Å². The molecule has 1 amide bonds. The molecule has 0 spiro atoms.